The number of aliphatic hydroxyl groups is 3. The number of carbonyl (C=O) groups excluding carboxylic acids is 3. The van der Waals surface area contributed by atoms with Gasteiger partial charge >= 0.3 is 0 Å². The van der Waals surface area contributed by atoms with E-state index < -0.39 is 52.0 Å². The van der Waals surface area contributed by atoms with Gasteiger partial charge in [0.25, 0.3) is 5.91 Å². The van der Waals surface area contributed by atoms with Crippen LogP contribution >= 0.6 is 0 Å². The summed E-state index contributed by atoms with van der Waals surface area (Å²) in [6.07, 6.45) is 6.35. The molecule has 0 radical (unpaired) electrons. The topological polar surface area (TPSA) is 175 Å². The molecule has 2 heterocycles. The second kappa shape index (κ2) is 9.10. The van der Waals surface area contributed by atoms with Crippen LogP contribution in [0.4, 0.5) is 0 Å². The van der Waals surface area contributed by atoms with Gasteiger partial charge in [0.15, 0.2) is 11.4 Å². The number of piperidine rings is 1. The first kappa shape index (κ1) is 25.4. The van der Waals surface area contributed by atoms with Gasteiger partial charge < -0.3 is 30.6 Å². The summed E-state index contributed by atoms with van der Waals surface area (Å²) in [5.41, 5.74) is 4.48. The molecule has 204 valence electrons. The van der Waals surface area contributed by atoms with Crippen molar-refractivity contribution in [2.24, 2.45) is 17.6 Å². The number of primary amides is 1. The third-order valence-electron chi connectivity index (χ3n) is 8.83. The molecule has 1 aliphatic heterocycles. The predicted molar refractivity (Wildman–Crippen MR) is 138 cm³/mol. The highest BCUT2D eigenvalue weighted by atomic mass is 16.3. The van der Waals surface area contributed by atoms with Crippen LogP contribution in [0.25, 0.3) is 16.9 Å². The normalized spacial score (nSPS) is 27.3. The summed E-state index contributed by atoms with van der Waals surface area (Å²) in [6.45, 7) is 2.45. The van der Waals surface area contributed by atoms with Crippen LogP contribution in [0.2, 0.25) is 0 Å². The van der Waals surface area contributed by atoms with Crippen molar-refractivity contribution in [1.29, 1.82) is 0 Å². The van der Waals surface area contributed by atoms with E-state index in [9.17, 15) is 34.8 Å². The number of carbonyl (C=O) groups is 3. The van der Waals surface area contributed by atoms with Gasteiger partial charge in [0.2, 0.25) is 5.78 Å². The van der Waals surface area contributed by atoms with E-state index in [-0.39, 0.29) is 36.1 Å². The average Bonchev–Trinajstić information content (AvgIpc) is 3.43. The predicted octanol–water partition coefficient (Wildman–Crippen LogP) is 2.67. The van der Waals surface area contributed by atoms with Crippen LogP contribution in [-0.2, 0) is 27.3 Å². The van der Waals surface area contributed by atoms with Gasteiger partial charge in [-0.05, 0) is 68.0 Å². The summed E-state index contributed by atoms with van der Waals surface area (Å²) in [5, 5.41) is 45.2. The third-order valence-corrected chi connectivity index (χ3v) is 8.83. The van der Waals surface area contributed by atoms with Gasteiger partial charge in [-0.2, -0.15) is 0 Å². The number of amides is 1. The van der Waals surface area contributed by atoms with E-state index in [1.54, 1.807) is 6.07 Å². The average molecular weight is 535 g/mol. The van der Waals surface area contributed by atoms with Crippen LogP contribution in [0.15, 0.2) is 46.0 Å². The summed E-state index contributed by atoms with van der Waals surface area (Å²) in [5.74, 6) is -6.31. The molecule has 1 saturated carbocycles. The lowest BCUT2D eigenvalue weighted by atomic mass is 9.59. The molecular weight excluding hydrogens is 504 g/mol. The quantitative estimate of drug-likeness (QED) is 0.369. The van der Waals surface area contributed by atoms with E-state index >= 15 is 0 Å². The number of hydrogen-bond acceptors (Lipinski definition) is 9. The van der Waals surface area contributed by atoms with E-state index in [0.29, 0.717) is 23.2 Å². The molecule has 0 bridgehead atoms. The Hall–Kier alpha value is -3.89. The van der Waals surface area contributed by atoms with Crippen molar-refractivity contribution in [3.05, 3.63) is 58.3 Å². The zero-order chi connectivity index (χ0) is 27.6. The lowest BCUT2D eigenvalue weighted by Gasteiger charge is -2.46. The zero-order valence-electron chi connectivity index (χ0n) is 21.3. The number of phenolic OH excluding ortho intramolecular Hbond substituents is 1. The molecule has 4 aliphatic rings. The van der Waals surface area contributed by atoms with Crippen molar-refractivity contribution < 1.29 is 39.2 Å². The number of fused-ring (bicyclic) bond motifs is 3. The Morgan fingerprint density at radius 3 is 2.54 bits per heavy atom. The molecule has 0 spiro atoms. The number of furan rings is 1. The fraction of sp³-hybridized carbons (Fsp3) is 0.414. The van der Waals surface area contributed by atoms with Crippen LogP contribution in [0.1, 0.15) is 48.8 Å². The van der Waals surface area contributed by atoms with Crippen LogP contribution in [0.5, 0.6) is 5.75 Å². The van der Waals surface area contributed by atoms with Crippen LogP contribution < -0.4 is 5.73 Å². The number of hydrogen-bond donors (Lipinski definition) is 5. The van der Waals surface area contributed by atoms with Gasteiger partial charge in [-0.15, -0.1) is 0 Å². The van der Waals surface area contributed by atoms with Gasteiger partial charge in [0, 0.05) is 35.6 Å². The second-order valence-electron chi connectivity index (χ2n) is 11.0. The molecule has 1 amide bonds. The van der Waals surface area contributed by atoms with E-state index in [1.807, 2.05) is 6.07 Å². The molecule has 2 fully saturated rings. The fourth-order valence-corrected chi connectivity index (χ4v) is 6.90. The van der Waals surface area contributed by atoms with E-state index in [4.69, 9.17) is 10.2 Å². The first-order valence-corrected chi connectivity index (χ1v) is 13.2. The number of nitrogens with two attached hydrogens (primary N) is 1. The number of phenols is 1. The Labute approximate surface area is 224 Å². The van der Waals surface area contributed by atoms with E-state index in [2.05, 4.69) is 4.90 Å². The highest BCUT2D eigenvalue weighted by molar-refractivity contribution is 6.22. The fourth-order valence-electron chi connectivity index (χ4n) is 6.90. The first-order chi connectivity index (χ1) is 18.6. The third kappa shape index (κ3) is 3.73. The molecule has 6 N–H and O–H groups in total. The van der Waals surface area contributed by atoms with Crippen LogP contribution in [0.3, 0.4) is 0 Å². The molecule has 6 rings (SSSR count). The minimum atomic E-state index is -2.58. The molecule has 1 aromatic carbocycles. The molecular formula is C29H30N2O8. The number of Topliss-reactive ketones (excluding diaryl/α,β-unsaturated/α-hetero) is 2. The largest absolute Gasteiger partial charge is 0.508 e. The summed E-state index contributed by atoms with van der Waals surface area (Å²) in [6, 6.07) is 3.58. The number of aromatic hydroxyl groups is 1. The maximum atomic E-state index is 13.8. The molecule has 3 aliphatic carbocycles. The second-order valence-corrected chi connectivity index (χ2v) is 11.0. The molecule has 1 saturated heterocycles. The SMILES string of the molecule is NC(=O)C1=C(O)[C@@]2(O)C(=O)C3=C(O)c4c(O)c(-c5ccoc5)cc(CN5CCCCC5)c4C[C@H]3C[C@H]2CC1=O. The zero-order valence-corrected chi connectivity index (χ0v) is 21.3. The lowest BCUT2D eigenvalue weighted by molar-refractivity contribution is -0.147. The van der Waals surface area contributed by atoms with Crippen molar-refractivity contribution in [3.63, 3.8) is 0 Å². The number of benzene rings is 1. The molecule has 1 aromatic heterocycles. The number of likely N-dealkylation sites (tertiary alicyclic amines) is 1. The van der Waals surface area contributed by atoms with Crippen molar-refractivity contribution in [3.8, 4) is 16.9 Å². The number of aliphatic hydroxyl groups excluding tert-OH is 2. The van der Waals surface area contributed by atoms with Gasteiger partial charge in [-0.3, -0.25) is 19.3 Å². The first-order valence-electron chi connectivity index (χ1n) is 13.2. The Bertz CT molecular complexity index is 1460. The lowest BCUT2D eigenvalue weighted by Crippen LogP contribution is -2.58. The van der Waals surface area contributed by atoms with E-state index in [0.717, 1.165) is 31.5 Å². The van der Waals surface area contributed by atoms with Crippen LogP contribution in [0, 0.1) is 11.8 Å². The Morgan fingerprint density at radius 2 is 1.87 bits per heavy atom. The molecule has 0 unspecified atom stereocenters. The standard InChI is InChI=1S/C29H30N2O8/c30-28(37)23-20(32)11-17-8-15-9-18-16(12-31-5-2-1-3-6-31)10-19(14-4-7-39-13-14)24(33)22(18)25(34)21(15)26(35)29(17,38)27(23)36/h4,7,10,13,15,17,33-34,36,38H,1-3,5-6,8-9,11-12H2,(H2,30,37)/t15-,17+,29+/m1/s1. The molecule has 10 heteroatoms. The molecule has 3 atom stereocenters. The van der Waals surface area contributed by atoms with Gasteiger partial charge in [0.1, 0.15) is 22.8 Å². The summed E-state index contributed by atoms with van der Waals surface area (Å²) >= 11 is 0. The summed E-state index contributed by atoms with van der Waals surface area (Å²) in [7, 11) is 0. The summed E-state index contributed by atoms with van der Waals surface area (Å²) < 4.78 is 5.23. The van der Waals surface area contributed by atoms with Crippen molar-refractivity contribution in [2.45, 2.75) is 50.7 Å². The minimum Gasteiger partial charge on any atom is -0.508 e. The minimum absolute atomic E-state index is 0.104. The van der Waals surface area contributed by atoms with Crippen molar-refractivity contribution >= 4 is 23.2 Å². The van der Waals surface area contributed by atoms with Gasteiger partial charge in [0.05, 0.1) is 18.1 Å². The highest BCUT2D eigenvalue weighted by Crippen LogP contribution is 2.53. The van der Waals surface area contributed by atoms with Gasteiger partial charge in [-0.1, -0.05) is 6.42 Å². The number of nitrogens with zero attached hydrogens (tertiary/aromatic N) is 1. The maximum absolute atomic E-state index is 13.8. The van der Waals surface area contributed by atoms with E-state index in [1.165, 1.54) is 18.9 Å². The molecule has 10 nitrogen and oxygen atoms in total. The number of rotatable bonds is 4. The monoisotopic (exact) mass is 534 g/mol. The Balaban J connectivity index is 1.53. The molecule has 39 heavy (non-hydrogen) atoms. The van der Waals surface area contributed by atoms with Crippen molar-refractivity contribution in [1.82, 2.24) is 4.90 Å². The Kier molecular flexibility index (Phi) is 5.92. The highest BCUT2D eigenvalue weighted by Gasteiger charge is 2.60. The number of ketones is 2. The van der Waals surface area contributed by atoms with Crippen molar-refractivity contribution in [2.75, 3.05) is 13.1 Å². The molecule has 2 aromatic rings. The Morgan fingerprint density at radius 1 is 1.13 bits per heavy atom. The summed E-state index contributed by atoms with van der Waals surface area (Å²) in [4.78, 5) is 40.6. The van der Waals surface area contributed by atoms with Crippen LogP contribution in [-0.4, -0.2) is 61.5 Å². The van der Waals surface area contributed by atoms with Gasteiger partial charge in [-0.25, -0.2) is 0 Å². The maximum Gasteiger partial charge on any atom is 0.255 e. The smallest absolute Gasteiger partial charge is 0.255 e.